The number of hydrogen-bond donors (Lipinski definition) is 0. The van der Waals surface area contributed by atoms with Gasteiger partial charge < -0.3 is 0 Å². The highest BCUT2D eigenvalue weighted by Crippen LogP contribution is 2.28. The minimum Gasteiger partial charge on any atom is -0.207 e. The third-order valence-electron chi connectivity index (χ3n) is 2.19. The fourth-order valence-electron chi connectivity index (χ4n) is 1.21. The first-order valence-corrected chi connectivity index (χ1v) is 5.81. The van der Waals surface area contributed by atoms with Crippen LogP contribution < -0.4 is 0 Å². The average molecular weight is 271 g/mol. The summed E-state index contributed by atoms with van der Waals surface area (Å²) in [6, 6.07) is 0. The van der Waals surface area contributed by atoms with Crippen LogP contribution in [0.1, 0.15) is 5.56 Å². The molecule has 0 aliphatic heterocycles. The molecule has 0 saturated heterocycles. The van der Waals surface area contributed by atoms with Crippen molar-refractivity contribution in [2.75, 3.05) is 14.1 Å². The van der Waals surface area contributed by atoms with Gasteiger partial charge in [0.25, 0.3) is 0 Å². The van der Waals surface area contributed by atoms with E-state index in [0.29, 0.717) is 4.31 Å². The molecule has 1 aromatic carbocycles. The first-order chi connectivity index (χ1) is 7.62. The van der Waals surface area contributed by atoms with Gasteiger partial charge in [-0.05, 0) is 6.92 Å². The zero-order chi connectivity index (χ0) is 13.5. The molecule has 3 nitrogen and oxygen atoms in total. The Morgan fingerprint density at radius 1 is 0.882 bits per heavy atom. The van der Waals surface area contributed by atoms with Crippen LogP contribution in [0.4, 0.5) is 17.6 Å². The van der Waals surface area contributed by atoms with E-state index in [9.17, 15) is 26.0 Å². The van der Waals surface area contributed by atoms with E-state index in [-0.39, 0.29) is 0 Å². The van der Waals surface area contributed by atoms with Crippen molar-refractivity contribution in [3.05, 3.63) is 28.8 Å². The van der Waals surface area contributed by atoms with Crippen molar-refractivity contribution in [1.82, 2.24) is 4.31 Å². The lowest BCUT2D eigenvalue weighted by molar-refractivity contribution is 0.389. The van der Waals surface area contributed by atoms with Gasteiger partial charge in [-0.1, -0.05) is 0 Å². The fourth-order valence-corrected chi connectivity index (χ4v) is 2.37. The average Bonchev–Trinajstić information content (AvgIpc) is 2.23. The molecule has 1 rings (SSSR count). The van der Waals surface area contributed by atoms with Crippen LogP contribution >= 0.6 is 0 Å². The van der Waals surface area contributed by atoms with Gasteiger partial charge in [-0.3, -0.25) is 0 Å². The molecule has 0 radical (unpaired) electrons. The zero-order valence-electron chi connectivity index (χ0n) is 9.18. The molecule has 8 heteroatoms. The summed E-state index contributed by atoms with van der Waals surface area (Å²) < 4.78 is 76.1. The molecular weight excluding hydrogens is 262 g/mol. The predicted octanol–water partition coefficient (Wildman–Crippen LogP) is 1.80. The van der Waals surface area contributed by atoms with Gasteiger partial charge in [0.1, 0.15) is 4.90 Å². The first kappa shape index (κ1) is 13.9. The topological polar surface area (TPSA) is 37.4 Å². The number of hydrogen-bond acceptors (Lipinski definition) is 2. The van der Waals surface area contributed by atoms with Gasteiger partial charge >= 0.3 is 0 Å². The lowest BCUT2D eigenvalue weighted by Gasteiger charge is -2.15. The Morgan fingerprint density at radius 2 is 1.29 bits per heavy atom. The Hall–Kier alpha value is -1.15. The van der Waals surface area contributed by atoms with Crippen molar-refractivity contribution in [3.8, 4) is 0 Å². The molecule has 0 fully saturated rings. The van der Waals surface area contributed by atoms with Crippen molar-refractivity contribution in [2.24, 2.45) is 0 Å². The highest BCUT2D eigenvalue weighted by molar-refractivity contribution is 7.89. The van der Waals surface area contributed by atoms with E-state index in [4.69, 9.17) is 0 Å². The zero-order valence-corrected chi connectivity index (χ0v) is 10.0. The maximum Gasteiger partial charge on any atom is 0.245 e. The van der Waals surface area contributed by atoms with Crippen LogP contribution in [0.3, 0.4) is 0 Å². The summed E-state index contributed by atoms with van der Waals surface area (Å²) >= 11 is 0. The van der Waals surface area contributed by atoms with Gasteiger partial charge in [-0.2, -0.15) is 0 Å². The molecule has 0 spiro atoms. The highest BCUT2D eigenvalue weighted by atomic mass is 32.2. The second-order valence-electron chi connectivity index (χ2n) is 3.50. The molecule has 0 unspecified atom stereocenters. The van der Waals surface area contributed by atoms with E-state index in [0.717, 1.165) is 21.0 Å². The van der Waals surface area contributed by atoms with E-state index >= 15 is 0 Å². The molecule has 0 N–H and O–H groups in total. The van der Waals surface area contributed by atoms with E-state index in [1.54, 1.807) is 0 Å². The maximum atomic E-state index is 13.4. The summed E-state index contributed by atoms with van der Waals surface area (Å²) in [5, 5.41) is 0. The van der Waals surface area contributed by atoms with Crippen molar-refractivity contribution in [2.45, 2.75) is 11.8 Å². The first-order valence-electron chi connectivity index (χ1n) is 4.37. The predicted molar refractivity (Wildman–Crippen MR) is 51.9 cm³/mol. The van der Waals surface area contributed by atoms with Crippen LogP contribution in [0, 0.1) is 30.2 Å². The molecule has 0 aliphatic rings. The Labute approximate surface area is 95.7 Å². The molecule has 0 atom stereocenters. The second kappa shape index (κ2) is 4.26. The van der Waals surface area contributed by atoms with Gasteiger partial charge in [0.15, 0.2) is 23.3 Å². The molecular formula is C9H9F4NO2S. The minimum absolute atomic E-state index is 0.579. The third-order valence-corrected chi connectivity index (χ3v) is 4.15. The van der Waals surface area contributed by atoms with Crippen molar-refractivity contribution < 1.29 is 26.0 Å². The molecule has 0 aromatic heterocycles. The van der Waals surface area contributed by atoms with Crippen LogP contribution in [0.25, 0.3) is 0 Å². The molecule has 0 aliphatic carbocycles. The summed E-state index contributed by atoms with van der Waals surface area (Å²) in [6.45, 7) is 0.858. The number of nitrogens with zero attached hydrogens (tertiary/aromatic N) is 1. The number of benzene rings is 1. The quantitative estimate of drug-likeness (QED) is 0.467. The van der Waals surface area contributed by atoms with Crippen LogP contribution in [0.2, 0.25) is 0 Å². The Bertz CT molecular complexity index is 540. The van der Waals surface area contributed by atoms with Crippen LogP contribution in [0.5, 0.6) is 0 Å². The number of halogens is 4. The van der Waals surface area contributed by atoms with Gasteiger partial charge in [0, 0.05) is 19.7 Å². The van der Waals surface area contributed by atoms with Crippen LogP contribution in [-0.2, 0) is 10.0 Å². The Balaban J connectivity index is 3.80. The van der Waals surface area contributed by atoms with Gasteiger partial charge in [-0.15, -0.1) is 0 Å². The van der Waals surface area contributed by atoms with Crippen molar-refractivity contribution >= 4 is 10.0 Å². The normalized spacial score (nSPS) is 12.2. The largest absolute Gasteiger partial charge is 0.245 e. The van der Waals surface area contributed by atoms with Crippen LogP contribution in [0.15, 0.2) is 4.90 Å². The van der Waals surface area contributed by atoms with E-state index in [2.05, 4.69) is 0 Å². The monoisotopic (exact) mass is 271 g/mol. The summed E-state index contributed by atoms with van der Waals surface area (Å²) in [4.78, 5) is -1.20. The highest BCUT2D eigenvalue weighted by Gasteiger charge is 2.32. The molecule has 0 amide bonds. The molecule has 96 valence electrons. The van der Waals surface area contributed by atoms with Crippen molar-refractivity contribution in [1.29, 1.82) is 0 Å². The number of rotatable bonds is 2. The summed E-state index contributed by atoms with van der Waals surface area (Å²) in [5.41, 5.74) is -0.796. The number of sulfonamides is 1. The van der Waals surface area contributed by atoms with Crippen molar-refractivity contribution in [3.63, 3.8) is 0 Å². The summed E-state index contributed by atoms with van der Waals surface area (Å²) in [7, 11) is -2.26. The Morgan fingerprint density at radius 3 is 1.71 bits per heavy atom. The van der Waals surface area contributed by atoms with E-state index in [1.165, 1.54) is 0 Å². The van der Waals surface area contributed by atoms with E-state index in [1.807, 2.05) is 0 Å². The Kier molecular flexibility index (Phi) is 3.49. The SMILES string of the molecule is Cc1c(F)c(F)c(F)c(F)c1S(=O)(=O)N(C)C. The standard InChI is InChI=1S/C9H9F4NO2S/c1-4-5(10)6(11)7(12)8(13)9(4)17(15,16)14(2)3/h1-3H3. The van der Waals surface area contributed by atoms with Gasteiger partial charge in [-0.25, -0.2) is 30.3 Å². The summed E-state index contributed by atoms with van der Waals surface area (Å²) in [6.07, 6.45) is 0. The van der Waals surface area contributed by atoms with Crippen LogP contribution in [-0.4, -0.2) is 26.8 Å². The van der Waals surface area contributed by atoms with Gasteiger partial charge in [0.05, 0.1) is 0 Å². The smallest absolute Gasteiger partial charge is 0.207 e. The second-order valence-corrected chi connectivity index (χ2v) is 5.59. The lowest BCUT2D eigenvalue weighted by Crippen LogP contribution is -2.25. The molecule has 0 heterocycles. The lowest BCUT2D eigenvalue weighted by atomic mass is 10.2. The molecule has 1 aromatic rings. The molecule has 17 heavy (non-hydrogen) atoms. The van der Waals surface area contributed by atoms with Gasteiger partial charge in [0.2, 0.25) is 10.0 Å². The van der Waals surface area contributed by atoms with E-state index < -0.39 is 43.8 Å². The fraction of sp³-hybridized carbons (Fsp3) is 0.333. The molecule has 0 bridgehead atoms. The maximum absolute atomic E-state index is 13.4. The third kappa shape index (κ3) is 2.02. The summed E-state index contributed by atoms with van der Waals surface area (Å²) in [5.74, 6) is -7.81. The molecule has 0 saturated carbocycles. The minimum atomic E-state index is -4.39.